The van der Waals surface area contributed by atoms with Crippen LogP contribution in [0.1, 0.15) is 18.1 Å². The maximum absolute atomic E-state index is 14.1. The molecule has 0 fully saturated rings. The third-order valence-electron chi connectivity index (χ3n) is 3.75. The van der Waals surface area contributed by atoms with Crippen LogP contribution in [0.4, 0.5) is 4.39 Å². The molecular formula is C17H20FNO. The van der Waals surface area contributed by atoms with Crippen molar-refractivity contribution >= 4 is 0 Å². The van der Waals surface area contributed by atoms with Crippen molar-refractivity contribution in [1.82, 2.24) is 0 Å². The Balaban J connectivity index is 2.40. The summed E-state index contributed by atoms with van der Waals surface area (Å²) >= 11 is 0. The minimum atomic E-state index is -0.458. The van der Waals surface area contributed by atoms with E-state index in [0.717, 1.165) is 11.3 Å². The quantitative estimate of drug-likeness (QED) is 0.907. The number of ether oxygens (including phenoxy) is 1. The summed E-state index contributed by atoms with van der Waals surface area (Å²) in [5.41, 5.74) is 7.16. The van der Waals surface area contributed by atoms with Gasteiger partial charge in [0.2, 0.25) is 0 Å². The predicted molar refractivity (Wildman–Crippen MR) is 79.5 cm³/mol. The summed E-state index contributed by atoms with van der Waals surface area (Å²) < 4.78 is 19.4. The van der Waals surface area contributed by atoms with Crippen molar-refractivity contribution in [3.63, 3.8) is 0 Å². The van der Waals surface area contributed by atoms with Crippen LogP contribution in [0.5, 0.6) is 5.75 Å². The van der Waals surface area contributed by atoms with Crippen LogP contribution >= 0.6 is 0 Å². The largest absolute Gasteiger partial charge is 0.496 e. The number of hydrogen-bond donors (Lipinski definition) is 1. The molecule has 0 saturated carbocycles. The van der Waals surface area contributed by atoms with Crippen molar-refractivity contribution in [3.8, 4) is 5.75 Å². The Bertz CT molecular complexity index is 585. The van der Waals surface area contributed by atoms with E-state index in [4.69, 9.17) is 10.5 Å². The highest BCUT2D eigenvalue weighted by Gasteiger charge is 2.29. The van der Waals surface area contributed by atoms with Crippen molar-refractivity contribution in [2.75, 3.05) is 13.7 Å². The van der Waals surface area contributed by atoms with Crippen molar-refractivity contribution in [3.05, 3.63) is 65.5 Å². The SMILES string of the molecule is COc1ccccc1CC(C)(CN)c1ccccc1F. The number of benzene rings is 2. The molecule has 2 aromatic carbocycles. The van der Waals surface area contributed by atoms with E-state index in [1.165, 1.54) is 6.07 Å². The molecule has 0 amide bonds. The average Bonchev–Trinajstić information content (AvgIpc) is 2.48. The lowest BCUT2D eigenvalue weighted by Gasteiger charge is -2.29. The van der Waals surface area contributed by atoms with E-state index >= 15 is 0 Å². The lowest BCUT2D eigenvalue weighted by Crippen LogP contribution is -2.35. The van der Waals surface area contributed by atoms with Crippen LogP contribution in [-0.4, -0.2) is 13.7 Å². The Morgan fingerprint density at radius 1 is 1.10 bits per heavy atom. The van der Waals surface area contributed by atoms with Gasteiger partial charge in [-0.25, -0.2) is 4.39 Å². The van der Waals surface area contributed by atoms with Gasteiger partial charge in [-0.15, -0.1) is 0 Å². The summed E-state index contributed by atoms with van der Waals surface area (Å²) in [5, 5.41) is 0. The first-order valence-corrected chi connectivity index (χ1v) is 6.67. The van der Waals surface area contributed by atoms with Gasteiger partial charge in [0.05, 0.1) is 7.11 Å². The van der Waals surface area contributed by atoms with Crippen molar-refractivity contribution < 1.29 is 9.13 Å². The fourth-order valence-corrected chi connectivity index (χ4v) is 2.50. The van der Waals surface area contributed by atoms with Gasteiger partial charge in [0, 0.05) is 12.0 Å². The van der Waals surface area contributed by atoms with Gasteiger partial charge in [0.15, 0.2) is 0 Å². The van der Waals surface area contributed by atoms with Crippen LogP contribution in [0.3, 0.4) is 0 Å². The van der Waals surface area contributed by atoms with Crippen LogP contribution in [0.2, 0.25) is 0 Å². The minimum absolute atomic E-state index is 0.213. The van der Waals surface area contributed by atoms with Gasteiger partial charge in [-0.2, -0.15) is 0 Å². The first kappa shape index (κ1) is 14.5. The normalized spacial score (nSPS) is 13.8. The second-order valence-corrected chi connectivity index (χ2v) is 5.23. The Kier molecular flexibility index (Phi) is 4.40. The molecule has 20 heavy (non-hydrogen) atoms. The fraction of sp³-hybridized carbons (Fsp3) is 0.294. The summed E-state index contributed by atoms with van der Waals surface area (Å²) in [6.07, 6.45) is 0.633. The minimum Gasteiger partial charge on any atom is -0.496 e. The zero-order valence-electron chi connectivity index (χ0n) is 11.9. The number of rotatable bonds is 5. The van der Waals surface area contributed by atoms with Gasteiger partial charge >= 0.3 is 0 Å². The first-order valence-electron chi connectivity index (χ1n) is 6.67. The number of methoxy groups -OCH3 is 1. The molecule has 1 unspecified atom stereocenters. The molecule has 106 valence electrons. The van der Waals surface area contributed by atoms with Crippen LogP contribution in [0.25, 0.3) is 0 Å². The summed E-state index contributed by atoms with van der Waals surface area (Å²) in [4.78, 5) is 0. The molecule has 0 saturated heterocycles. The highest BCUT2D eigenvalue weighted by Crippen LogP contribution is 2.32. The molecule has 2 nitrogen and oxygen atoms in total. The third kappa shape index (κ3) is 2.83. The summed E-state index contributed by atoms with van der Waals surface area (Å²) in [6, 6.07) is 14.6. The maximum Gasteiger partial charge on any atom is 0.127 e. The van der Waals surface area contributed by atoms with E-state index in [9.17, 15) is 4.39 Å². The van der Waals surface area contributed by atoms with Crippen LogP contribution in [0.15, 0.2) is 48.5 Å². The molecule has 2 rings (SSSR count). The molecule has 0 aliphatic carbocycles. The fourth-order valence-electron chi connectivity index (χ4n) is 2.50. The number of halogens is 1. The van der Waals surface area contributed by atoms with Crippen LogP contribution in [-0.2, 0) is 11.8 Å². The molecule has 0 aromatic heterocycles. The van der Waals surface area contributed by atoms with Gasteiger partial charge in [-0.3, -0.25) is 0 Å². The molecule has 0 heterocycles. The summed E-state index contributed by atoms with van der Waals surface area (Å²) in [7, 11) is 1.64. The Labute approximate surface area is 119 Å². The highest BCUT2D eigenvalue weighted by atomic mass is 19.1. The van der Waals surface area contributed by atoms with Crippen molar-refractivity contribution in [2.45, 2.75) is 18.8 Å². The molecule has 2 aromatic rings. The topological polar surface area (TPSA) is 35.2 Å². The van der Waals surface area contributed by atoms with Crippen LogP contribution < -0.4 is 10.5 Å². The van der Waals surface area contributed by atoms with Crippen LogP contribution in [0, 0.1) is 5.82 Å². The van der Waals surface area contributed by atoms with Gasteiger partial charge < -0.3 is 10.5 Å². The molecule has 0 aliphatic heterocycles. The molecular weight excluding hydrogens is 253 g/mol. The predicted octanol–water partition coefficient (Wildman–Crippen LogP) is 3.29. The zero-order valence-corrected chi connectivity index (χ0v) is 11.9. The van der Waals surface area contributed by atoms with Gasteiger partial charge in [0.1, 0.15) is 11.6 Å². The number of para-hydroxylation sites is 1. The molecule has 0 spiro atoms. The second-order valence-electron chi connectivity index (χ2n) is 5.23. The second kappa shape index (κ2) is 6.06. The molecule has 1 atom stereocenters. The third-order valence-corrected chi connectivity index (χ3v) is 3.75. The Hall–Kier alpha value is -1.87. The van der Waals surface area contributed by atoms with Gasteiger partial charge in [-0.05, 0) is 29.7 Å². The molecule has 0 bridgehead atoms. The van der Waals surface area contributed by atoms with E-state index in [-0.39, 0.29) is 5.82 Å². The Morgan fingerprint density at radius 2 is 1.75 bits per heavy atom. The average molecular weight is 273 g/mol. The lowest BCUT2D eigenvalue weighted by molar-refractivity contribution is 0.395. The summed E-state index contributed by atoms with van der Waals surface area (Å²) in [5.74, 6) is 0.596. The van der Waals surface area contributed by atoms with E-state index in [1.54, 1.807) is 19.2 Å². The first-order chi connectivity index (χ1) is 9.60. The van der Waals surface area contributed by atoms with E-state index < -0.39 is 5.41 Å². The number of hydrogen-bond acceptors (Lipinski definition) is 2. The van der Waals surface area contributed by atoms with Gasteiger partial charge in [-0.1, -0.05) is 43.3 Å². The molecule has 2 N–H and O–H groups in total. The van der Waals surface area contributed by atoms with Crippen molar-refractivity contribution in [2.24, 2.45) is 5.73 Å². The maximum atomic E-state index is 14.1. The standard InChI is InChI=1S/C17H20FNO/c1-17(12-19,14-8-4-5-9-15(14)18)11-13-7-3-6-10-16(13)20-2/h3-10H,11-12,19H2,1-2H3. The van der Waals surface area contributed by atoms with E-state index in [2.05, 4.69) is 0 Å². The molecule has 0 aliphatic rings. The van der Waals surface area contributed by atoms with Gasteiger partial charge in [0.25, 0.3) is 0 Å². The van der Waals surface area contributed by atoms with E-state index in [1.807, 2.05) is 37.3 Å². The zero-order chi connectivity index (χ0) is 14.6. The highest BCUT2D eigenvalue weighted by molar-refractivity contribution is 5.38. The molecule has 0 radical (unpaired) electrons. The van der Waals surface area contributed by atoms with Crippen molar-refractivity contribution in [1.29, 1.82) is 0 Å². The lowest BCUT2D eigenvalue weighted by atomic mass is 9.77. The monoisotopic (exact) mass is 273 g/mol. The molecule has 3 heteroatoms. The Morgan fingerprint density at radius 3 is 2.40 bits per heavy atom. The van der Waals surface area contributed by atoms with E-state index in [0.29, 0.717) is 18.5 Å². The summed E-state index contributed by atoms with van der Waals surface area (Å²) in [6.45, 7) is 2.35. The number of nitrogens with two attached hydrogens (primary N) is 1. The smallest absolute Gasteiger partial charge is 0.127 e.